The van der Waals surface area contributed by atoms with Gasteiger partial charge in [0.25, 0.3) is 11.8 Å². The number of rotatable bonds is 6. The van der Waals surface area contributed by atoms with Crippen molar-refractivity contribution < 1.29 is 14.3 Å². The van der Waals surface area contributed by atoms with Gasteiger partial charge in [0.15, 0.2) is 0 Å². The van der Waals surface area contributed by atoms with Crippen molar-refractivity contribution in [3.8, 4) is 0 Å². The Balaban J connectivity index is 1.93. The number of hydrogen-bond acceptors (Lipinski definition) is 3. The lowest BCUT2D eigenvalue weighted by atomic mass is 10.0. The quantitative estimate of drug-likeness (QED) is 0.806. The van der Waals surface area contributed by atoms with E-state index in [2.05, 4.69) is 31.3 Å². The van der Waals surface area contributed by atoms with E-state index in [1.54, 1.807) is 0 Å². The second-order valence-electron chi connectivity index (χ2n) is 4.79. The number of ether oxygens (including phenoxy) is 1. The minimum atomic E-state index is -0.367. The van der Waals surface area contributed by atoms with Crippen LogP contribution in [0.25, 0.3) is 0 Å². The van der Waals surface area contributed by atoms with Crippen molar-refractivity contribution in [1.29, 1.82) is 0 Å². The van der Waals surface area contributed by atoms with Crippen LogP contribution >= 0.6 is 0 Å². The van der Waals surface area contributed by atoms with E-state index in [4.69, 9.17) is 4.74 Å². The first-order valence-corrected chi connectivity index (χ1v) is 6.88. The van der Waals surface area contributed by atoms with E-state index >= 15 is 0 Å². The maximum atomic E-state index is 11.3. The van der Waals surface area contributed by atoms with Gasteiger partial charge in [0, 0.05) is 11.6 Å². The molecule has 106 valence electrons. The Kier molecular flexibility index (Phi) is 4.69. The van der Waals surface area contributed by atoms with E-state index in [0.717, 1.165) is 18.4 Å². The number of imide groups is 1. The van der Waals surface area contributed by atoms with E-state index in [1.165, 1.54) is 17.2 Å². The third-order valence-electron chi connectivity index (χ3n) is 3.39. The SMILES string of the molecule is CCc1ccc(COCC2=CC(=O)NC2=O)cc1CC. The highest BCUT2D eigenvalue weighted by atomic mass is 16.5. The normalized spacial score (nSPS) is 14.4. The molecule has 0 spiro atoms. The van der Waals surface area contributed by atoms with Crippen molar-refractivity contribution in [3.05, 3.63) is 46.5 Å². The van der Waals surface area contributed by atoms with Gasteiger partial charge in [-0.25, -0.2) is 0 Å². The molecule has 1 aliphatic heterocycles. The van der Waals surface area contributed by atoms with Crippen molar-refractivity contribution >= 4 is 11.8 Å². The summed E-state index contributed by atoms with van der Waals surface area (Å²) >= 11 is 0. The fraction of sp³-hybridized carbons (Fsp3) is 0.375. The molecule has 0 aliphatic carbocycles. The summed E-state index contributed by atoms with van der Waals surface area (Å²) in [5.74, 6) is -0.722. The van der Waals surface area contributed by atoms with Gasteiger partial charge in [0.05, 0.1) is 13.2 Å². The minimum absolute atomic E-state index is 0.161. The predicted molar refractivity (Wildman–Crippen MR) is 76.1 cm³/mol. The Bertz CT molecular complexity index is 561. The molecule has 20 heavy (non-hydrogen) atoms. The molecule has 2 amide bonds. The third-order valence-corrected chi connectivity index (χ3v) is 3.39. The van der Waals surface area contributed by atoms with Crippen LogP contribution in [0, 0.1) is 0 Å². The first-order valence-electron chi connectivity index (χ1n) is 6.88. The number of aryl methyl sites for hydroxylation is 2. The van der Waals surface area contributed by atoms with Crippen LogP contribution in [0.2, 0.25) is 0 Å². The Morgan fingerprint density at radius 3 is 2.40 bits per heavy atom. The molecule has 4 nitrogen and oxygen atoms in total. The summed E-state index contributed by atoms with van der Waals surface area (Å²) in [7, 11) is 0. The lowest BCUT2D eigenvalue weighted by molar-refractivity contribution is -0.124. The minimum Gasteiger partial charge on any atom is -0.372 e. The summed E-state index contributed by atoms with van der Waals surface area (Å²) in [6.07, 6.45) is 3.32. The molecule has 2 rings (SSSR count). The molecule has 0 radical (unpaired) electrons. The Morgan fingerprint density at radius 1 is 1.05 bits per heavy atom. The predicted octanol–water partition coefficient (Wildman–Crippen LogP) is 1.91. The lowest BCUT2D eigenvalue weighted by Gasteiger charge is -2.09. The second kappa shape index (κ2) is 6.48. The summed E-state index contributed by atoms with van der Waals surface area (Å²) in [6, 6.07) is 6.32. The zero-order chi connectivity index (χ0) is 14.5. The molecule has 0 fully saturated rings. The maximum Gasteiger partial charge on any atom is 0.256 e. The summed E-state index contributed by atoms with van der Waals surface area (Å²) < 4.78 is 5.51. The van der Waals surface area contributed by atoms with Crippen molar-refractivity contribution in [2.24, 2.45) is 0 Å². The molecular weight excluding hydrogens is 254 g/mol. The van der Waals surface area contributed by atoms with Gasteiger partial charge in [0.1, 0.15) is 0 Å². The molecule has 0 unspecified atom stereocenters. The van der Waals surface area contributed by atoms with E-state index in [1.807, 2.05) is 6.07 Å². The third kappa shape index (κ3) is 3.33. The average Bonchev–Trinajstić information content (AvgIpc) is 2.77. The molecule has 0 aromatic heterocycles. The van der Waals surface area contributed by atoms with Crippen LogP contribution < -0.4 is 5.32 Å². The Morgan fingerprint density at radius 2 is 1.80 bits per heavy atom. The first-order chi connectivity index (χ1) is 9.63. The van der Waals surface area contributed by atoms with Crippen molar-refractivity contribution in [2.75, 3.05) is 6.61 Å². The monoisotopic (exact) mass is 273 g/mol. The number of nitrogens with one attached hydrogen (secondary N) is 1. The lowest BCUT2D eigenvalue weighted by Crippen LogP contribution is -2.23. The van der Waals surface area contributed by atoms with Crippen LogP contribution in [-0.2, 0) is 33.8 Å². The molecule has 0 atom stereocenters. The molecule has 1 heterocycles. The van der Waals surface area contributed by atoms with E-state index in [-0.39, 0.29) is 18.4 Å². The summed E-state index contributed by atoms with van der Waals surface area (Å²) in [5.41, 5.74) is 4.17. The zero-order valence-electron chi connectivity index (χ0n) is 11.9. The van der Waals surface area contributed by atoms with E-state index < -0.39 is 0 Å². The standard InChI is InChI=1S/C16H19NO3/c1-3-12-6-5-11(7-13(12)4-2)9-20-10-14-8-15(18)17-16(14)19/h5-8H,3-4,9-10H2,1-2H3,(H,17,18,19). The number of hydrogen-bond donors (Lipinski definition) is 1. The van der Waals surface area contributed by atoms with Crippen molar-refractivity contribution in [3.63, 3.8) is 0 Å². The summed E-state index contributed by atoms with van der Waals surface area (Å²) in [6.45, 7) is 4.88. The van der Waals surface area contributed by atoms with Crippen LogP contribution in [0.4, 0.5) is 0 Å². The second-order valence-corrected chi connectivity index (χ2v) is 4.79. The molecule has 0 saturated carbocycles. The first kappa shape index (κ1) is 14.5. The van der Waals surface area contributed by atoms with Gasteiger partial charge < -0.3 is 4.74 Å². The van der Waals surface area contributed by atoms with Crippen LogP contribution in [0.5, 0.6) is 0 Å². The highest BCUT2D eigenvalue weighted by Crippen LogP contribution is 2.15. The maximum absolute atomic E-state index is 11.3. The van der Waals surface area contributed by atoms with Gasteiger partial charge in [0.2, 0.25) is 0 Å². The molecule has 1 aromatic rings. The smallest absolute Gasteiger partial charge is 0.256 e. The Hall–Kier alpha value is -1.94. The van der Waals surface area contributed by atoms with Crippen LogP contribution in [0.3, 0.4) is 0 Å². The highest BCUT2D eigenvalue weighted by Gasteiger charge is 2.20. The fourth-order valence-corrected chi connectivity index (χ4v) is 2.28. The Labute approximate surface area is 118 Å². The number of carbonyl (C=O) groups is 2. The highest BCUT2D eigenvalue weighted by molar-refractivity contribution is 6.16. The number of amides is 2. The summed E-state index contributed by atoms with van der Waals surface area (Å²) in [4.78, 5) is 22.3. The average molecular weight is 273 g/mol. The van der Waals surface area contributed by atoms with E-state index in [9.17, 15) is 9.59 Å². The van der Waals surface area contributed by atoms with Crippen LogP contribution in [0.15, 0.2) is 29.8 Å². The van der Waals surface area contributed by atoms with Crippen molar-refractivity contribution in [2.45, 2.75) is 33.3 Å². The van der Waals surface area contributed by atoms with Crippen LogP contribution in [-0.4, -0.2) is 18.4 Å². The number of benzene rings is 1. The molecular formula is C16H19NO3. The molecule has 1 aliphatic rings. The molecule has 1 aromatic carbocycles. The molecule has 4 heteroatoms. The molecule has 1 N–H and O–H groups in total. The zero-order valence-corrected chi connectivity index (χ0v) is 11.9. The van der Waals surface area contributed by atoms with Gasteiger partial charge in [-0.05, 0) is 29.5 Å². The van der Waals surface area contributed by atoms with Gasteiger partial charge in [-0.2, -0.15) is 0 Å². The van der Waals surface area contributed by atoms with Gasteiger partial charge in [-0.3, -0.25) is 14.9 Å². The summed E-state index contributed by atoms with van der Waals surface area (Å²) in [5, 5.41) is 2.20. The fourth-order valence-electron chi connectivity index (χ4n) is 2.28. The number of carbonyl (C=O) groups excluding carboxylic acids is 2. The topological polar surface area (TPSA) is 55.4 Å². The molecule has 0 saturated heterocycles. The largest absolute Gasteiger partial charge is 0.372 e. The molecule has 0 bridgehead atoms. The van der Waals surface area contributed by atoms with Crippen molar-refractivity contribution in [1.82, 2.24) is 5.32 Å². The van der Waals surface area contributed by atoms with Crippen LogP contribution in [0.1, 0.15) is 30.5 Å². The van der Waals surface area contributed by atoms with Gasteiger partial charge >= 0.3 is 0 Å². The van der Waals surface area contributed by atoms with Gasteiger partial charge in [-0.1, -0.05) is 32.0 Å². The van der Waals surface area contributed by atoms with E-state index in [0.29, 0.717) is 12.2 Å². The van der Waals surface area contributed by atoms with Gasteiger partial charge in [-0.15, -0.1) is 0 Å².